The molecule has 0 spiro atoms. The number of hydrogen-bond acceptors (Lipinski definition) is 3. The maximum Gasteiger partial charge on any atom is 0.0868 e. The molecule has 4 nitrogen and oxygen atoms in total. The smallest absolute Gasteiger partial charge is 0.0868 e. The number of halogens is 1. The molecule has 2 aromatic rings. The van der Waals surface area contributed by atoms with E-state index < -0.39 is 0 Å². The first-order chi connectivity index (χ1) is 9.60. The van der Waals surface area contributed by atoms with Gasteiger partial charge in [0, 0.05) is 25.0 Å². The van der Waals surface area contributed by atoms with Crippen LogP contribution in [0.15, 0.2) is 18.2 Å². The summed E-state index contributed by atoms with van der Waals surface area (Å²) < 4.78 is 1.90. The minimum atomic E-state index is 0.791. The molecule has 0 saturated heterocycles. The first-order valence-electron chi connectivity index (χ1n) is 6.93. The van der Waals surface area contributed by atoms with Gasteiger partial charge in [-0.3, -0.25) is 4.68 Å². The zero-order valence-electron chi connectivity index (χ0n) is 11.9. The summed E-state index contributed by atoms with van der Waals surface area (Å²) in [5, 5.41) is 5.28. The molecule has 1 aromatic heterocycles. The first-order valence-corrected chi connectivity index (χ1v) is 7.31. The van der Waals surface area contributed by atoms with Gasteiger partial charge in [0.05, 0.1) is 23.0 Å². The molecule has 5 heteroatoms. The third kappa shape index (κ3) is 2.14. The van der Waals surface area contributed by atoms with Gasteiger partial charge >= 0.3 is 0 Å². The van der Waals surface area contributed by atoms with E-state index in [9.17, 15) is 0 Å². The van der Waals surface area contributed by atoms with E-state index in [4.69, 9.17) is 17.3 Å². The minimum Gasteiger partial charge on any atom is -0.399 e. The quantitative estimate of drug-likeness (QED) is 0.884. The minimum absolute atomic E-state index is 0.791. The van der Waals surface area contributed by atoms with Gasteiger partial charge in [-0.1, -0.05) is 18.5 Å². The third-order valence-corrected chi connectivity index (χ3v) is 4.38. The lowest BCUT2D eigenvalue weighted by atomic mass is 10.1. The number of aromatic nitrogens is 2. The van der Waals surface area contributed by atoms with E-state index in [-0.39, 0.29) is 0 Å². The van der Waals surface area contributed by atoms with E-state index in [0.29, 0.717) is 0 Å². The van der Waals surface area contributed by atoms with Crippen LogP contribution in [0.4, 0.5) is 11.4 Å². The summed E-state index contributed by atoms with van der Waals surface area (Å²) >= 11 is 6.43. The van der Waals surface area contributed by atoms with Crippen molar-refractivity contribution in [2.75, 3.05) is 17.2 Å². The second kappa shape index (κ2) is 5.02. The highest BCUT2D eigenvalue weighted by Gasteiger charge is 2.22. The fraction of sp³-hybridized carbons (Fsp3) is 0.400. The molecule has 0 amide bonds. The first kappa shape index (κ1) is 13.3. The molecule has 0 saturated carbocycles. The molecule has 2 heterocycles. The van der Waals surface area contributed by atoms with Crippen LogP contribution in [0.1, 0.15) is 23.9 Å². The Labute approximate surface area is 124 Å². The molecule has 0 aliphatic carbocycles. The van der Waals surface area contributed by atoms with Crippen LogP contribution < -0.4 is 10.6 Å². The van der Waals surface area contributed by atoms with Crippen molar-refractivity contribution in [3.8, 4) is 0 Å². The van der Waals surface area contributed by atoms with Crippen LogP contribution in [-0.4, -0.2) is 16.3 Å². The van der Waals surface area contributed by atoms with Crippen LogP contribution in [0.2, 0.25) is 5.02 Å². The molecule has 20 heavy (non-hydrogen) atoms. The van der Waals surface area contributed by atoms with E-state index in [0.717, 1.165) is 48.0 Å². The number of fused-ring (bicyclic) bond motifs is 1. The second-order valence-electron chi connectivity index (χ2n) is 5.24. The normalized spacial score (nSPS) is 13.8. The van der Waals surface area contributed by atoms with Gasteiger partial charge in [0.1, 0.15) is 0 Å². The van der Waals surface area contributed by atoms with Gasteiger partial charge in [0.15, 0.2) is 0 Å². The maximum atomic E-state index is 6.43. The van der Waals surface area contributed by atoms with E-state index in [1.165, 1.54) is 11.3 Å². The Bertz CT molecular complexity index is 648. The number of nitrogen functional groups attached to an aromatic ring is 1. The van der Waals surface area contributed by atoms with Crippen molar-refractivity contribution in [3.63, 3.8) is 0 Å². The number of benzene rings is 1. The Morgan fingerprint density at radius 3 is 2.90 bits per heavy atom. The molecule has 1 aliphatic heterocycles. The molecule has 0 bridgehead atoms. The van der Waals surface area contributed by atoms with Crippen molar-refractivity contribution in [2.24, 2.45) is 7.05 Å². The largest absolute Gasteiger partial charge is 0.399 e. The fourth-order valence-corrected chi connectivity index (χ4v) is 3.18. The average Bonchev–Trinajstić information content (AvgIpc) is 2.94. The Morgan fingerprint density at radius 2 is 2.20 bits per heavy atom. The zero-order chi connectivity index (χ0) is 14.3. The van der Waals surface area contributed by atoms with Gasteiger partial charge < -0.3 is 10.6 Å². The van der Waals surface area contributed by atoms with E-state index in [1.807, 2.05) is 17.8 Å². The topological polar surface area (TPSA) is 47.1 Å². The van der Waals surface area contributed by atoms with Gasteiger partial charge in [-0.2, -0.15) is 5.10 Å². The Balaban J connectivity index is 1.89. The highest BCUT2D eigenvalue weighted by atomic mass is 35.5. The number of anilines is 2. The Morgan fingerprint density at radius 1 is 1.40 bits per heavy atom. The summed E-state index contributed by atoms with van der Waals surface area (Å²) in [7, 11) is 1.96. The van der Waals surface area contributed by atoms with Crippen molar-refractivity contribution in [1.82, 2.24) is 9.78 Å². The van der Waals surface area contributed by atoms with Crippen LogP contribution in [0.5, 0.6) is 0 Å². The number of hydrogen-bond donors (Lipinski definition) is 1. The van der Waals surface area contributed by atoms with Crippen LogP contribution in [0.25, 0.3) is 0 Å². The Kier molecular flexibility index (Phi) is 3.34. The maximum absolute atomic E-state index is 6.43. The van der Waals surface area contributed by atoms with Crippen molar-refractivity contribution >= 4 is 23.0 Å². The highest BCUT2D eigenvalue weighted by molar-refractivity contribution is 6.31. The molecule has 1 aliphatic rings. The summed E-state index contributed by atoms with van der Waals surface area (Å²) in [5.74, 6) is 0. The summed E-state index contributed by atoms with van der Waals surface area (Å²) in [6.45, 7) is 3.87. The van der Waals surface area contributed by atoms with Crippen LogP contribution in [0, 0.1) is 0 Å². The predicted octanol–water partition coefficient (Wildman–Crippen LogP) is 2.78. The fourth-order valence-electron chi connectivity index (χ4n) is 2.83. The summed E-state index contributed by atoms with van der Waals surface area (Å²) in [6.07, 6.45) is 1.90. The molecule has 1 aromatic carbocycles. The Hall–Kier alpha value is -1.68. The van der Waals surface area contributed by atoms with Crippen LogP contribution >= 0.6 is 11.6 Å². The van der Waals surface area contributed by atoms with Gasteiger partial charge in [0.25, 0.3) is 0 Å². The van der Waals surface area contributed by atoms with Crippen LogP contribution in [0.3, 0.4) is 0 Å². The lowest BCUT2D eigenvalue weighted by molar-refractivity contribution is 0.680. The summed E-state index contributed by atoms with van der Waals surface area (Å²) in [6, 6.07) is 6.12. The highest BCUT2D eigenvalue weighted by Crippen LogP contribution is 2.32. The van der Waals surface area contributed by atoms with Gasteiger partial charge in [-0.15, -0.1) is 0 Å². The van der Waals surface area contributed by atoms with Crippen LogP contribution in [-0.2, 0) is 26.4 Å². The second-order valence-corrected chi connectivity index (χ2v) is 5.62. The standard InChI is InChI=1S/C15H19ClN4/c1-3-12-15(16)14(19(2)18-12)9-20-7-6-10-8-11(17)4-5-13(10)20/h4-5,8H,3,6-7,9,17H2,1-2H3. The molecule has 0 unspecified atom stereocenters. The van der Waals surface area contributed by atoms with E-state index in [1.54, 1.807) is 0 Å². The summed E-state index contributed by atoms with van der Waals surface area (Å²) in [4.78, 5) is 2.34. The molecular formula is C15H19ClN4. The molecular weight excluding hydrogens is 272 g/mol. The SMILES string of the molecule is CCc1nn(C)c(CN2CCc3cc(N)ccc32)c1Cl. The molecule has 3 rings (SSSR count). The number of aryl methyl sites for hydroxylation is 2. The molecule has 0 atom stereocenters. The van der Waals surface area contributed by atoms with Gasteiger partial charge in [-0.05, 0) is 36.6 Å². The lowest BCUT2D eigenvalue weighted by Crippen LogP contribution is -2.21. The molecule has 0 fully saturated rings. The number of rotatable bonds is 3. The number of nitrogens with zero attached hydrogens (tertiary/aromatic N) is 3. The van der Waals surface area contributed by atoms with Gasteiger partial charge in [0.2, 0.25) is 0 Å². The molecule has 2 N–H and O–H groups in total. The lowest BCUT2D eigenvalue weighted by Gasteiger charge is -2.19. The zero-order valence-corrected chi connectivity index (χ0v) is 12.6. The van der Waals surface area contributed by atoms with Crippen molar-refractivity contribution in [3.05, 3.63) is 40.2 Å². The van der Waals surface area contributed by atoms with Crippen molar-refractivity contribution in [2.45, 2.75) is 26.3 Å². The van der Waals surface area contributed by atoms with Crippen molar-refractivity contribution in [1.29, 1.82) is 0 Å². The molecule has 0 radical (unpaired) electrons. The molecule has 106 valence electrons. The van der Waals surface area contributed by atoms with E-state index in [2.05, 4.69) is 29.1 Å². The predicted molar refractivity (Wildman–Crippen MR) is 83.2 cm³/mol. The summed E-state index contributed by atoms with van der Waals surface area (Å²) in [5.41, 5.74) is 11.3. The third-order valence-electron chi connectivity index (χ3n) is 3.94. The van der Waals surface area contributed by atoms with Crippen molar-refractivity contribution < 1.29 is 0 Å². The van der Waals surface area contributed by atoms with E-state index >= 15 is 0 Å². The number of nitrogens with two attached hydrogens (primary N) is 1. The monoisotopic (exact) mass is 290 g/mol. The average molecular weight is 291 g/mol. The van der Waals surface area contributed by atoms with Gasteiger partial charge in [-0.25, -0.2) is 0 Å².